The third kappa shape index (κ3) is 2.72. The number of rotatable bonds is 3. The molecule has 0 spiro atoms. The standard InChI is InChI=1S/C12H10ClFN2O/c13-9-1-3-10(4-2-9)17-12-11(14)8(7-15)5-6-16-12/h1-6H,7,15H2. The number of nitrogens with two attached hydrogens (primary N) is 1. The third-order valence-corrected chi connectivity index (χ3v) is 2.44. The van der Waals surface area contributed by atoms with E-state index in [9.17, 15) is 4.39 Å². The summed E-state index contributed by atoms with van der Waals surface area (Å²) >= 11 is 5.73. The molecule has 1 aromatic carbocycles. The normalized spacial score (nSPS) is 10.3. The van der Waals surface area contributed by atoms with Crippen LogP contribution in [0.15, 0.2) is 36.5 Å². The predicted octanol–water partition coefficient (Wildman–Crippen LogP) is 3.13. The molecule has 17 heavy (non-hydrogen) atoms. The Hall–Kier alpha value is -1.65. The van der Waals surface area contributed by atoms with Gasteiger partial charge in [-0.2, -0.15) is 0 Å². The molecule has 0 saturated heterocycles. The van der Waals surface area contributed by atoms with E-state index in [-0.39, 0.29) is 12.4 Å². The van der Waals surface area contributed by atoms with Gasteiger partial charge in [-0.1, -0.05) is 11.6 Å². The summed E-state index contributed by atoms with van der Waals surface area (Å²) in [6.07, 6.45) is 1.45. The minimum Gasteiger partial charge on any atom is -0.436 e. The van der Waals surface area contributed by atoms with Gasteiger partial charge in [0.1, 0.15) is 5.75 Å². The fourth-order valence-corrected chi connectivity index (χ4v) is 1.43. The highest BCUT2D eigenvalue weighted by Gasteiger charge is 2.10. The number of hydrogen-bond donors (Lipinski definition) is 1. The Kier molecular flexibility index (Phi) is 3.56. The molecule has 0 fully saturated rings. The summed E-state index contributed by atoms with van der Waals surface area (Å²) in [5, 5.41) is 0.585. The van der Waals surface area contributed by atoms with E-state index in [2.05, 4.69) is 4.98 Å². The SMILES string of the molecule is NCc1ccnc(Oc2ccc(Cl)cc2)c1F. The molecule has 5 heteroatoms. The Morgan fingerprint density at radius 1 is 1.24 bits per heavy atom. The van der Waals surface area contributed by atoms with Crippen molar-refractivity contribution < 1.29 is 9.13 Å². The van der Waals surface area contributed by atoms with Gasteiger partial charge in [0.15, 0.2) is 5.82 Å². The zero-order valence-corrected chi connectivity index (χ0v) is 9.62. The van der Waals surface area contributed by atoms with Gasteiger partial charge >= 0.3 is 0 Å². The van der Waals surface area contributed by atoms with Crippen LogP contribution >= 0.6 is 11.6 Å². The van der Waals surface area contributed by atoms with Crippen LogP contribution in [-0.2, 0) is 6.54 Å². The predicted molar refractivity (Wildman–Crippen MR) is 63.6 cm³/mol. The average Bonchev–Trinajstić information content (AvgIpc) is 2.35. The summed E-state index contributed by atoms with van der Waals surface area (Å²) in [5.41, 5.74) is 5.76. The van der Waals surface area contributed by atoms with Gasteiger partial charge in [-0.3, -0.25) is 0 Å². The van der Waals surface area contributed by atoms with Crippen LogP contribution in [-0.4, -0.2) is 4.98 Å². The first-order valence-electron chi connectivity index (χ1n) is 4.97. The maximum absolute atomic E-state index is 13.7. The monoisotopic (exact) mass is 252 g/mol. The van der Waals surface area contributed by atoms with Gasteiger partial charge in [0.05, 0.1) is 0 Å². The van der Waals surface area contributed by atoms with Crippen LogP contribution in [0.2, 0.25) is 5.02 Å². The first-order valence-corrected chi connectivity index (χ1v) is 5.35. The van der Waals surface area contributed by atoms with Gasteiger partial charge in [0, 0.05) is 23.3 Å². The van der Waals surface area contributed by atoms with E-state index in [1.54, 1.807) is 24.3 Å². The molecule has 0 saturated carbocycles. The molecule has 2 N–H and O–H groups in total. The van der Waals surface area contributed by atoms with Gasteiger partial charge in [0.2, 0.25) is 0 Å². The summed E-state index contributed by atoms with van der Waals surface area (Å²) in [6, 6.07) is 8.10. The second-order valence-electron chi connectivity index (χ2n) is 3.35. The summed E-state index contributed by atoms with van der Waals surface area (Å²) < 4.78 is 19.1. The summed E-state index contributed by atoms with van der Waals surface area (Å²) in [7, 11) is 0. The van der Waals surface area contributed by atoms with Crippen molar-refractivity contribution in [2.45, 2.75) is 6.54 Å². The van der Waals surface area contributed by atoms with Crippen LogP contribution in [0.3, 0.4) is 0 Å². The lowest BCUT2D eigenvalue weighted by Crippen LogP contribution is -2.02. The third-order valence-electron chi connectivity index (χ3n) is 2.19. The van der Waals surface area contributed by atoms with Crippen LogP contribution in [0.5, 0.6) is 11.6 Å². The number of hydrogen-bond acceptors (Lipinski definition) is 3. The van der Waals surface area contributed by atoms with Crippen molar-refractivity contribution in [2.24, 2.45) is 5.73 Å². The first kappa shape index (κ1) is 11.8. The van der Waals surface area contributed by atoms with Gasteiger partial charge in [-0.05, 0) is 30.3 Å². The van der Waals surface area contributed by atoms with E-state index in [1.807, 2.05) is 0 Å². The topological polar surface area (TPSA) is 48.1 Å². The molecular weight excluding hydrogens is 243 g/mol. The quantitative estimate of drug-likeness (QED) is 0.913. The molecule has 0 amide bonds. The van der Waals surface area contributed by atoms with Gasteiger partial charge in [-0.15, -0.1) is 0 Å². The molecule has 0 aliphatic carbocycles. The Bertz CT molecular complexity index is 516. The second kappa shape index (κ2) is 5.12. The van der Waals surface area contributed by atoms with E-state index in [0.717, 1.165) is 0 Å². The van der Waals surface area contributed by atoms with Crippen molar-refractivity contribution in [1.82, 2.24) is 4.98 Å². The van der Waals surface area contributed by atoms with Gasteiger partial charge in [-0.25, -0.2) is 9.37 Å². The minimum absolute atomic E-state index is 0.0877. The lowest BCUT2D eigenvalue weighted by Gasteiger charge is -2.07. The second-order valence-corrected chi connectivity index (χ2v) is 3.79. The Morgan fingerprint density at radius 3 is 2.59 bits per heavy atom. The molecule has 0 bridgehead atoms. The number of halogens is 2. The van der Waals surface area contributed by atoms with E-state index in [4.69, 9.17) is 22.1 Å². The molecule has 0 aliphatic rings. The summed E-state index contributed by atoms with van der Waals surface area (Å²) in [4.78, 5) is 3.82. The zero-order valence-electron chi connectivity index (χ0n) is 8.86. The van der Waals surface area contributed by atoms with Crippen LogP contribution in [0.4, 0.5) is 4.39 Å². The fraction of sp³-hybridized carbons (Fsp3) is 0.0833. The fourth-order valence-electron chi connectivity index (χ4n) is 1.31. The summed E-state index contributed by atoms with van der Waals surface area (Å²) in [6.45, 7) is 0.103. The van der Waals surface area contributed by atoms with E-state index in [0.29, 0.717) is 16.3 Å². The highest BCUT2D eigenvalue weighted by Crippen LogP contribution is 2.24. The van der Waals surface area contributed by atoms with E-state index < -0.39 is 5.82 Å². The van der Waals surface area contributed by atoms with Crippen molar-refractivity contribution in [3.05, 3.63) is 52.9 Å². The first-order chi connectivity index (χ1) is 8.20. The van der Waals surface area contributed by atoms with Crippen LogP contribution in [0.25, 0.3) is 0 Å². The Morgan fingerprint density at radius 2 is 1.94 bits per heavy atom. The molecule has 0 aliphatic heterocycles. The lowest BCUT2D eigenvalue weighted by molar-refractivity contribution is 0.419. The zero-order chi connectivity index (χ0) is 12.3. The number of nitrogens with zero attached hydrogens (tertiary/aromatic N) is 1. The molecule has 0 radical (unpaired) electrons. The summed E-state index contributed by atoms with van der Waals surface area (Å²) in [5.74, 6) is -0.157. The van der Waals surface area contributed by atoms with Crippen LogP contribution < -0.4 is 10.5 Å². The van der Waals surface area contributed by atoms with Crippen molar-refractivity contribution in [1.29, 1.82) is 0 Å². The highest BCUT2D eigenvalue weighted by atomic mass is 35.5. The smallest absolute Gasteiger partial charge is 0.256 e. The van der Waals surface area contributed by atoms with Crippen molar-refractivity contribution >= 4 is 11.6 Å². The van der Waals surface area contributed by atoms with Crippen molar-refractivity contribution in [3.8, 4) is 11.6 Å². The molecule has 0 unspecified atom stereocenters. The molecule has 1 aromatic heterocycles. The maximum atomic E-state index is 13.7. The number of ether oxygens (including phenoxy) is 1. The lowest BCUT2D eigenvalue weighted by atomic mass is 10.2. The molecule has 2 aromatic rings. The van der Waals surface area contributed by atoms with Crippen molar-refractivity contribution in [2.75, 3.05) is 0 Å². The van der Waals surface area contributed by atoms with Crippen LogP contribution in [0, 0.1) is 5.82 Å². The Balaban J connectivity index is 2.27. The molecule has 2 rings (SSSR count). The molecule has 0 atom stereocenters. The average molecular weight is 253 g/mol. The minimum atomic E-state index is -0.537. The molecule has 3 nitrogen and oxygen atoms in total. The molecular formula is C12H10ClFN2O. The number of benzene rings is 1. The number of aromatic nitrogens is 1. The van der Waals surface area contributed by atoms with E-state index >= 15 is 0 Å². The molecule has 88 valence electrons. The van der Waals surface area contributed by atoms with Gasteiger partial charge < -0.3 is 10.5 Å². The highest BCUT2D eigenvalue weighted by molar-refractivity contribution is 6.30. The molecule has 1 heterocycles. The maximum Gasteiger partial charge on any atom is 0.256 e. The largest absolute Gasteiger partial charge is 0.436 e. The Labute approximate surface area is 103 Å². The van der Waals surface area contributed by atoms with Crippen LogP contribution in [0.1, 0.15) is 5.56 Å². The van der Waals surface area contributed by atoms with Gasteiger partial charge in [0.25, 0.3) is 5.88 Å². The van der Waals surface area contributed by atoms with E-state index in [1.165, 1.54) is 12.3 Å². The number of pyridine rings is 1. The van der Waals surface area contributed by atoms with Crippen molar-refractivity contribution in [3.63, 3.8) is 0 Å².